The molecule has 1 atom stereocenters. The van der Waals surface area contributed by atoms with Gasteiger partial charge in [0.05, 0.1) is 0 Å². The minimum absolute atomic E-state index is 0.107. The number of rotatable bonds is 6. The summed E-state index contributed by atoms with van der Waals surface area (Å²) in [6, 6.07) is 3.52. The van der Waals surface area contributed by atoms with Crippen molar-refractivity contribution in [3.05, 3.63) is 28.5 Å². The van der Waals surface area contributed by atoms with E-state index in [0.717, 1.165) is 22.6 Å². The van der Waals surface area contributed by atoms with Gasteiger partial charge in [0.25, 0.3) is 5.91 Å². The summed E-state index contributed by atoms with van der Waals surface area (Å²) in [4.78, 5) is 15.7. The Morgan fingerprint density at radius 3 is 2.88 bits per heavy atom. The molecule has 0 saturated carbocycles. The Bertz CT molecular complexity index is 354. The second kappa shape index (κ2) is 7.82. The van der Waals surface area contributed by atoms with Crippen LogP contribution in [0.1, 0.15) is 30.3 Å². The zero-order valence-corrected chi connectivity index (χ0v) is 12.9. The summed E-state index contributed by atoms with van der Waals surface area (Å²) < 4.78 is 0.875. The van der Waals surface area contributed by atoms with Gasteiger partial charge < -0.3 is 5.32 Å². The molecule has 1 rings (SSSR count). The van der Waals surface area contributed by atoms with Crippen molar-refractivity contribution in [2.24, 2.45) is 5.92 Å². The van der Waals surface area contributed by atoms with Crippen LogP contribution in [-0.4, -0.2) is 22.8 Å². The molecule has 5 heteroatoms. The summed E-state index contributed by atoms with van der Waals surface area (Å²) in [5, 5.41) is 3.87. The lowest BCUT2D eigenvalue weighted by molar-refractivity contribution is 0.0947. The van der Waals surface area contributed by atoms with Gasteiger partial charge in [0.1, 0.15) is 5.69 Å². The van der Waals surface area contributed by atoms with Crippen LogP contribution in [0.2, 0.25) is 0 Å². The van der Waals surface area contributed by atoms with E-state index < -0.39 is 0 Å². The highest BCUT2D eigenvalue weighted by Crippen LogP contribution is 2.08. The zero-order chi connectivity index (χ0) is 12.7. The van der Waals surface area contributed by atoms with Gasteiger partial charge in [0.15, 0.2) is 0 Å². The first-order valence-corrected chi connectivity index (χ1v) is 7.50. The van der Waals surface area contributed by atoms with Crippen molar-refractivity contribution in [1.82, 2.24) is 10.3 Å². The number of pyridine rings is 1. The highest BCUT2D eigenvalue weighted by atomic mass is 79.9. The van der Waals surface area contributed by atoms with Gasteiger partial charge in [-0.2, -0.15) is 0 Å². The van der Waals surface area contributed by atoms with E-state index in [4.69, 9.17) is 0 Å². The first-order valence-electron chi connectivity index (χ1n) is 5.59. The molecule has 0 aromatic carbocycles. The molecule has 0 aliphatic rings. The van der Waals surface area contributed by atoms with E-state index in [0.29, 0.717) is 18.2 Å². The Hall–Kier alpha value is -0.420. The van der Waals surface area contributed by atoms with Gasteiger partial charge in [-0.25, -0.2) is 4.98 Å². The number of aromatic nitrogens is 1. The van der Waals surface area contributed by atoms with Gasteiger partial charge in [-0.3, -0.25) is 4.79 Å². The summed E-state index contributed by atoms with van der Waals surface area (Å²) in [7, 11) is 0. The lowest BCUT2D eigenvalue weighted by Gasteiger charge is -2.08. The summed E-state index contributed by atoms with van der Waals surface area (Å²) in [6.45, 7) is 2.89. The maximum atomic E-state index is 11.7. The summed E-state index contributed by atoms with van der Waals surface area (Å²) in [5.41, 5.74) is 0.460. The normalized spacial score (nSPS) is 12.2. The molecular weight excluding hydrogens is 348 g/mol. The van der Waals surface area contributed by atoms with Crippen LogP contribution in [0.15, 0.2) is 22.8 Å². The van der Waals surface area contributed by atoms with Gasteiger partial charge >= 0.3 is 0 Å². The quantitative estimate of drug-likeness (QED) is 0.621. The third-order valence-electron chi connectivity index (χ3n) is 2.38. The Labute approximate surface area is 119 Å². The molecule has 1 aromatic heterocycles. The summed E-state index contributed by atoms with van der Waals surface area (Å²) in [5.74, 6) is 0.543. The van der Waals surface area contributed by atoms with E-state index >= 15 is 0 Å². The van der Waals surface area contributed by atoms with Gasteiger partial charge in [-0.1, -0.05) is 22.9 Å². The lowest BCUT2D eigenvalue weighted by Crippen LogP contribution is -2.25. The van der Waals surface area contributed by atoms with Crippen LogP contribution in [0.25, 0.3) is 0 Å². The van der Waals surface area contributed by atoms with Crippen molar-refractivity contribution in [2.45, 2.75) is 19.8 Å². The molecule has 0 spiro atoms. The summed E-state index contributed by atoms with van der Waals surface area (Å²) >= 11 is 6.72. The second-order valence-corrected chi connectivity index (χ2v) is 5.58. The van der Waals surface area contributed by atoms with Crippen LogP contribution in [0.5, 0.6) is 0 Å². The van der Waals surface area contributed by atoms with Gasteiger partial charge in [0.2, 0.25) is 0 Å². The molecule has 17 heavy (non-hydrogen) atoms. The molecule has 1 N–H and O–H groups in total. The van der Waals surface area contributed by atoms with Crippen molar-refractivity contribution in [3.63, 3.8) is 0 Å². The molecule has 0 aliphatic heterocycles. The molecule has 94 valence electrons. The Morgan fingerprint density at radius 2 is 2.29 bits per heavy atom. The molecule has 0 radical (unpaired) electrons. The van der Waals surface area contributed by atoms with Crippen LogP contribution < -0.4 is 5.32 Å². The van der Waals surface area contributed by atoms with E-state index in [1.807, 2.05) is 6.07 Å². The fourth-order valence-electron chi connectivity index (χ4n) is 1.33. The number of halogens is 2. The monoisotopic (exact) mass is 362 g/mol. The molecule has 3 nitrogen and oxygen atoms in total. The predicted octanol–water partition coefficient (Wildman–Crippen LogP) is 3.39. The number of hydrogen-bond donors (Lipinski definition) is 1. The van der Waals surface area contributed by atoms with Crippen LogP contribution in [0, 0.1) is 5.92 Å². The van der Waals surface area contributed by atoms with Gasteiger partial charge in [-0.05, 0) is 46.8 Å². The fraction of sp³-hybridized carbons (Fsp3) is 0.500. The first kappa shape index (κ1) is 14.6. The number of carbonyl (C=O) groups excluding carboxylic acids is 1. The maximum absolute atomic E-state index is 11.7. The number of nitrogens with one attached hydrogen (secondary N) is 1. The molecule has 0 aliphatic carbocycles. The Morgan fingerprint density at radius 1 is 1.53 bits per heavy atom. The Kier molecular flexibility index (Phi) is 6.73. The molecule has 0 fully saturated rings. The van der Waals surface area contributed by atoms with E-state index in [9.17, 15) is 4.79 Å². The third kappa shape index (κ3) is 5.64. The maximum Gasteiger partial charge on any atom is 0.269 e. The fourth-order valence-corrected chi connectivity index (χ4v) is 1.89. The third-order valence-corrected chi connectivity index (χ3v) is 3.96. The molecule has 1 unspecified atom stereocenters. The van der Waals surface area contributed by atoms with Crippen molar-refractivity contribution < 1.29 is 4.79 Å². The van der Waals surface area contributed by atoms with Gasteiger partial charge in [-0.15, -0.1) is 0 Å². The van der Waals surface area contributed by atoms with Crippen molar-refractivity contribution in [3.8, 4) is 0 Å². The predicted molar refractivity (Wildman–Crippen MR) is 76.5 cm³/mol. The van der Waals surface area contributed by atoms with Crippen molar-refractivity contribution >= 4 is 37.8 Å². The number of amides is 1. The number of alkyl halides is 1. The highest BCUT2D eigenvalue weighted by molar-refractivity contribution is 9.10. The van der Waals surface area contributed by atoms with Crippen LogP contribution in [0.4, 0.5) is 0 Å². The van der Waals surface area contributed by atoms with E-state index in [2.05, 4.69) is 49.1 Å². The first-order chi connectivity index (χ1) is 8.13. The molecular formula is C12H16Br2N2O. The van der Waals surface area contributed by atoms with E-state index in [-0.39, 0.29) is 5.91 Å². The number of carbonyl (C=O) groups is 1. The number of nitrogens with zero attached hydrogens (tertiary/aromatic N) is 1. The zero-order valence-electron chi connectivity index (χ0n) is 9.75. The molecule has 1 amide bonds. The largest absolute Gasteiger partial charge is 0.351 e. The molecule has 1 aromatic rings. The highest BCUT2D eigenvalue weighted by Gasteiger charge is 2.06. The van der Waals surface area contributed by atoms with Crippen LogP contribution in [-0.2, 0) is 0 Å². The second-order valence-electron chi connectivity index (χ2n) is 4.02. The van der Waals surface area contributed by atoms with Crippen molar-refractivity contribution in [2.75, 3.05) is 11.9 Å². The molecule has 0 saturated heterocycles. The molecule has 1 heterocycles. The van der Waals surface area contributed by atoms with Crippen molar-refractivity contribution in [1.29, 1.82) is 0 Å². The van der Waals surface area contributed by atoms with Crippen LogP contribution in [0.3, 0.4) is 0 Å². The number of hydrogen-bond acceptors (Lipinski definition) is 2. The standard InChI is InChI=1S/C12H16Br2N2O/c1-9(7-13)3-2-6-15-12(17)11-5-4-10(14)8-16-11/h4-5,8-9H,2-3,6-7H2,1H3,(H,15,17). The Balaban J connectivity index is 2.28. The minimum atomic E-state index is -0.107. The molecule has 0 bridgehead atoms. The summed E-state index contributed by atoms with van der Waals surface area (Å²) in [6.07, 6.45) is 3.73. The lowest BCUT2D eigenvalue weighted by atomic mass is 10.1. The van der Waals surface area contributed by atoms with Gasteiger partial charge in [0, 0.05) is 22.5 Å². The van der Waals surface area contributed by atoms with E-state index in [1.165, 1.54) is 0 Å². The topological polar surface area (TPSA) is 42.0 Å². The average molecular weight is 364 g/mol. The van der Waals surface area contributed by atoms with E-state index in [1.54, 1.807) is 12.3 Å². The minimum Gasteiger partial charge on any atom is -0.351 e. The van der Waals surface area contributed by atoms with Crippen LogP contribution >= 0.6 is 31.9 Å². The average Bonchev–Trinajstić information content (AvgIpc) is 2.34. The SMILES string of the molecule is CC(CBr)CCCNC(=O)c1ccc(Br)cn1. The smallest absolute Gasteiger partial charge is 0.269 e.